The Morgan fingerprint density at radius 1 is 1.32 bits per heavy atom. The number of hydrogen-bond donors (Lipinski definition) is 2. The van der Waals surface area contributed by atoms with Crippen LogP contribution in [-0.4, -0.2) is 29.6 Å². The summed E-state index contributed by atoms with van der Waals surface area (Å²) < 4.78 is 10.5. The van der Waals surface area contributed by atoms with Gasteiger partial charge in [-0.2, -0.15) is 0 Å². The molecule has 2 N–H and O–H groups in total. The van der Waals surface area contributed by atoms with Gasteiger partial charge in [0.15, 0.2) is 0 Å². The van der Waals surface area contributed by atoms with Crippen molar-refractivity contribution in [3.8, 4) is 0 Å². The fourth-order valence-corrected chi connectivity index (χ4v) is 1.86. The van der Waals surface area contributed by atoms with Gasteiger partial charge in [0.25, 0.3) is 0 Å². The molecule has 1 unspecified atom stereocenters. The molecule has 0 aliphatic carbocycles. The molecule has 124 valence electrons. The van der Waals surface area contributed by atoms with Crippen LogP contribution < -0.4 is 5.32 Å². The van der Waals surface area contributed by atoms with E-state index in [1.165, 1.54) is 5.56 Å². The van der Waals surface area contributed by atoms with Crippen LogP contribution in [0.5, 0.6) is 0 Å². The number of benzene rings is 1. The van der Waals surface area contributed by atoms with E-state index in [1.807, 2.05) is 39.0 Å². The van der Waals surface area contributed by atoms with Gasteiger partial charge in [-0.15, -0.1) is 0 Å². The van der Waals surface area contributed by atoms with E-state index in [0.29, 0.717) is 13.2 Å². The summed E-state index contributed by atoms with van der Waals surface area (Å²) in [5.74, 6) is -0.303. The predicted molar refractivity (Wildman–Crippen MR) is 85.1 cm³/mol. The van der Waals surface area contributed by atoms with Gasteiger partial charge in [0.2, 0.25) is 6.41 Å². The van der Waals surface area contributed by atoms with Gasteiger partial charge in [0.05, 0.1) is 13.0 Å². The molecule has 0 bridgehead atoms. The largest absolute Gasteiger partial charge is 0.460 e. The van der Waals surface area contributed by atoms with E-state index >= 15 is 0 Å². The first kappa shape index (κ1) is 18.6. The molecule has 0 spiro atoms. The van der Waals surface area contributed by atoms with Gasteiger partial charge in [0.1, 0.15) is 5.60 Å². The van der Waals surface area contributed by atoms with Crippen LogP contribution in [0.15, 0.2) is 24.3 Å². The number of rotatable bonds is 8. The Hall–Kier alpha value is -1.43. The summed E-state index contributed by atoms with van der Waals surface area (Å²) in [6, 6.07) is 8.03. The Morgan fingerprint density at radius 2 is 2.00 bits per heavy atom. The Labute approximate surface area is 132 Å². The molecule has 5 heteroatoms. The maximum absolute atomic E-state index is 11.5. The highest BCUT2D eigenvalue weighted by atomic mass is 16.6. The van der Waals surface area contributed by atoms with E-state index in [-0.39, 0.29) is 12.4 Å². The van der Waals surface area contributed by atoms with E-state index in [2.05, 4.69) is 18.3 Å². The van der Waals surface area contributed by atoms with Crippen molar-refractivity contribution in [2.24, 2.45) is 0 Å². The third kappa shape index (κ3) is 8.12. The lowest BCUT2D eigenvalue weighted by atomic mass is 10.1. The van der Waals surface area contributed by atoms with Crippen molar-refractivity contribution >= 4 is 5.97 Å². The summed E-state index contributed by atoms with van der Waals surface area (Å²) in [6.45, 7) is 8.16. The van der Waals surface area contributed by atoms with Crippen molar-refractivity contribution in [2.45, 2.75) is 59.2 Å². The molecule has 0 radical (unpaired) electrons. The van der Waals surface area contributed by atoms with Crippen molar-refractivity contribution in [1.29, 1.82) is 0 Å². The fraction of sp³-hybridized carbons (Fsp3) is 0.588. The molecule has 1 aromatic rings. The van der Waals surface area contributed by atoms with Crippen LogP contribution in [0.4, 0.5) is 0 Å². The maximum Gasteiger partial charge on any atom is 0.307 e. The number of esters is 1. The van der Waals surface area contributed by atoms with E-state index < -0.39 is 12.0 Å². The minimum absolute atomic E-state index is 0.184. The number of aliphatic hydroxyl groups is 1. The van der Waals surface area contributed by atoms with Crippen LogP contribution in [0, 0.1) is 0 Å². The fourth-order valence-electron chi connectivity index (χ4n) is 1.86. The normalized spacial score (nSPS) is 13.0. The Morgan fingerprint density at radius 3 is 2.64 bits per heavy atom. The van der Waals surface area contributed by atoms with Crippen LogP contribution in [0.2, 0.25) is 0 Å². The smallest absolute Gasteiger partial charge is 0.307 e. The second-order valence-corrected chi connectivity index (χ2v) is 6.13. The third-order valence-corrected chi connectivity index (χ3v) is 2.88. The zero-order chi connectivity index (χ0) is 16.6. The molecule has 0 aliphatic heterocycles. The number of aliphatic hydroxyl groups excluding tert-OH is 1. The van der Waals surface area contributed by atoms with Crippen molar-refractivity contribution in [3.05, 3.63) is 35.4 Å². The Bertz CT molecular complexity index is 468. The second-order valence-electron chi connectivity index (χ2n) is 6.13. The van der Waals surface area contributed by atoms with E-state index in [0.717, 1.165) is 12.0 Å². The summed E-state index contributed by atoms with van der Waals surface area (Å²) >= 11 is 0. The molecule has 1 atom stereocenters. The minimum Gasteiger partial charge on any atom is -0.460 e. The summed E-state index contributed by atoms with van der Waals surface area (Å²) in [5.41, 5.74) is 1.75. The lowest BCUT2D eigenvalue weighted by Crippen LogP contribution is -2.34. The maximum atomic E-state index is 11.5. The third-order valence-electron chi connectivity index (χ3n) is 2.88. The van der Waals surface area contributed by atoms with Gasteiger partial charge >= 0.3 is 5.97 Å². The van der Waals surface area contributed by atoms with Crippen LogP contribution in [0.1, 0.15) is 45.2 Å². The summed E-state index contributed by atoms with van der Waals surface area (Å²) in [7, 11) is 0. The van der Waals surface area contributed by atoms with Crippen molar-refractivity contribution < 1.29 is 19.4 Å². The topological polar surface area (TPSA) is 67.8 Å². The van der Waals surface area contributed by atoms with Crippen LogP contribution in [0.25, 0.3) is 0 Å². The zero-order valence-electron chi connectivity index (χ0n) is 13.9. The number of carbonyl (C=O) groups is 1. The Kier molecular flexibility index (Phi) is 7.51. The van der Waals surface area contributed by atoms with E-state index in [1.54, 1.807) is 0 Å². The van der Waals surface area contributed by atoms with Gasteiger partial charge < -0.3 is 14.6 Å². The van der Waals surface area contributed by atoms with Crippen molar-refractivity contribution in [1.82, 2.24) is 5.32 Å². The lowest BCUT2D eigenvalue weighted by Gasteiger charge is -2.20. The highest BCUT2D eigenvalue weighted by Gasteiger charge is 2.16. The SMILES string of the molecule is CCc1cccc(COC(O)NCCC(=O)OC(C)(C)C)c1. The average molecular weight is 309 g/mol. The van der Waals surface area contributed by atoms with Gasteiger partial charge in [0, 0.05) is 6.54 Å². The molecule has 1 rings (SSSR count). The molecular weight excluding hydrogens is 282 g/mol. The number of carbonyl (C=O) groups excluding carboxylic acids is 1. The first-order chi connectivity index (χ1) is 10.3. The molecule has 1 aromatic carbocycles. The lowest BCUT2D eigenvalue weighted by molar-refractivity contribution is -0.156. The molecule has 22 heavy (non-hydrogen) atoms. The molecule has 0 aromatic heterocycles. The zero-order valence-corrected chi connectivity index (χ0v) is 13.9. The quantitative estimate of drug-likeness (QED) is 0.570. The molecule has 0 saturated heterocycles. The second kappa shape index (κ2) is 8.88. The molecule has 0 saturated carbocycles. The van der Waals surface area contributed by atoms with Crippen molar-refractivity contribution in [2.75, 3.05) is 6.54 Å². The van der Waals surface area contributed by atoms with Crippen LogP contribution in [-0.2, 0) is 27.3 Å². The van der Waals surface area contributed by atoms with E-state index in [9.17, 15) is 9.90 Å². The predicted octanol–water partition coefficient (Wildman–Crippen LogP) is 2.36. The number of nitrogens with one attached hydrogen (secondary N) is 1. The Balaban J connectivity index is 2.23. The van der Waals surface area contributed by atoms with Gasteiger partial charge in [-0.25, -0.2) is 0 Å². The summed E-state index contributed by atoms with van der Waals surface area (Å²) in [6.07, 6.45) is 0.0424. The highest BCUT2D eigenvalue weighted by Crippen LogP contribution is 2.09. The molecule has 0 aliphatic rings. The van der Waals surface area contributed by atoms with Gasteiger partial charge in [-0.3, -0.25) is 10.1 Å². The van der Waals surface area contributed by atoms with Gasteiger partial charge in [-0.1, -0.05) is 31.2 Å². The number of hydrogen-bond acceptors (Lipinski definition) is 5. The molecule has 5 nitrogen and oxygen atoms in total. The average Bonchev–Trinajstić information content (AvgIpc) is 2.43. The monoisotopic (exact) mass is 309 g/mol. The summed E-state index contributed by atoms with van der Waals surface area (Å²) in [5, 5.41) is 12.4. The molecule has 0 amide bonds. The van der Waals surface area contributed by atoms with Crippen molar-refractivity contribution in [3.63, 3.8) is 0 Å². The molecule has 0 heterocycles. The van der Waals surface area contributed by atoms with Crippen LogP contribution in [0.3, 0.4) is 0 Å². The number of ether oxygens (including phenoxy) is 2. The minimum atomic E-state index is -1.10. The highest BCUT2D eigenvalue weighted by molar-refractivity contribution is 5.70. The first-order valence-electron chi connectivity index (χ1n) is 7.63. The number of aryl methyl sites for hydroxylation is 1. The van der Waals surface area contributed by atoms with E-state index in [4.69, 9.17) is 9.47 Å². The molecule has 0 fully saturated rings. The van der Waals surface area contributed by atoms with Gasteiger partial charge in [-0.05, 0) is 38.3 Å². The first-order valence-corrected chi connectivity index (χ1v) is 7.63. The standard InChI is InChI=1S/C17H27NO4/c1-5-13-7-6-8-14(11-13)12-21-16(20)18-10-9-15(19)22-17(2,3)4/h6-8,11,16,18,20H,5,9-10,12H2,1-4H3. The van der Waals surface area contributed by atoms with Crippen LogP contribution >= 0.6 is 0 Å². The molecular formula is C17H27NO4. The summed E-state index contributed by atoms with van der Waals surface area (Å²) in [4.78, 5) is 11.5.